The van der Waals surface area contributed by atoms with Crippen molar-refractivity contribution >= 4 is 40.8 Å². The van der Waals surface area contributed by atoms with Gasteiger partial charge in [-0.05, 0) is 48.4 Å². The van der Waals surface area contributed by atoms with E-state index in [-0.39, 0.29) is 31.7 Å². The predicted octanol–water partition coefficient (Wildman–Crippen LogP) is 5.38. The molecule has 0 bridgehead atoms. The van der Waals surface area contributed by atoms with Crippen molar-refractivity contribution in [1.29, 1.82) is 0 Å². The van der Waals surface area contributed by atoms with Crippen molar-refractivity contribution in [3.8, 4) is 11.5 Å². The van der Waals surface area contributed by atoms with Crippen LogP contribution in [0, 0.1) is 11.2 Å². The van der Waals surface area contributed by atoms with E-state index in [1.165, 1.54) is 31.3 Å². The lowest BCUT2D eigenvalue weighted by Gasteiger charge is -2.32. The van der Waals surface area contributed by atoms with Crippen molar-refractivity contribution in [2.45, 2.75) is 45.3 Å². The SMILES string of the molecule is COc1cccc([C@@H]2O[C@@H](CC(=O)Nc3cc(CCC(=O)O)ccc3F)C(=O)N(CC(C)(C)CO)c3ccc(Cl)cc32)c1OC. The summed E-state index contributed by atoms with van der Waals surface area (Å²) in [5, 5.41) is 22.0. The molecule has 0 aliphatic carbocycles. The van der Waals surface area contributed by atoms with Gasteiger partial charge in [0.1, 0.15) is 18.0 Å². The normalized spacial score (nSPS) is 16.5. The molecule has 1 aliphatic rings. The molecule has 45 heavy (non-hydrogen) atoms. The molecule has 2 amide bonds. The number of carbonyl (C=O) groups excluding carboxylic acids is 2. The van der Waals surface area contributed by atoms with Gasteiger partial charge in [0, 0.05) is 46.8 Å². The first-order chi connectivity index (χ1) is 21.4. The van der Waals surface area contributed by atoms with Crippen molar-refractivity contribution in [3.63, 3.8) is 0 Å². The van der Waals surface area contributed by atoms with Crippen LogP contribution in [0.1, 0.15) is 49.5 Å². The topological polar surface area (TPSA) is 135 Å². The molecule has 10 nitrogen and oxygen atoms in total. The number of aliphatic hydroxyl groups excluding tert-OH is 1. The van der Waals surface area contributed by atoms with Gasteiger partial charge < -0.3 is 34.6 Å². The van der Waals surface area contributed by atoms with E-state index < -0.39 is 47.6 Å². The van der Waals surface area contributed by atoms with Crippen LogP contribution in [0.4, 0.5) is 15.8 Å². The first-order valence-corrected chi connectivity index (χ1v) is 14.6. The van der Waals surface area contributed by atoms with E-state index in [0.29, 0.717) is 38.9 Å². The molecule has 240 valence electrons. The number of carbonyl (C=O) groups is 3. The maximum Gasteiger partial charge on any atom is 0.303 e. The fourth-order valence-corrected chi connectivity index (χ4v) is 5.33. The molecule has 4 rings (SSSR count). The van der Waals surface area contributed by atoms with E-state index in [1.807, 2.05) is 0 Å². The summed E-state index contributed by atoms with van der Waals surface area (Å²) in [5.74, 6) is -2.20. The number of hydrogen-bond acceptors (Lipinski definition) is 7. The third kappa shape index (κ3) is 7.91. The van der Waals surface area contributed by atoms with Crippen LogP contribution < -0.4 is 19.7 Å². The Kier molecular flexibility index (Phi) is 10.7. The van der Waals surface area contributed by atoms with Crippen LogP contribution in [0.25, 0.3) is 0 Å². The summed E-state index contributed by atoms with van der Waals surface area (Å²) in [6, 6.07) is 14.2. The molecule has 0 aromatic heterocycles. The molecule has 0 radical (unpaired) electrons. The lowest BCUT2D eigenvalue weighted by molar-refractivity contribution is -0.137. The summed E-state index contributed by atoms with van der Waals surface area (Å²) in [4.78, 5) is 40.1. The highest BCUT2D eigenvalue weighted by Gasteiger charge is 2.40. The van der Waals surface area contributed by atoms with Crippen LogP contribution in [0.3, 0.4) is 0 Å². The zero-order valence-electron chi connectivity index (χ0n) is 25.4. The van der Waals surface area contributed by atoms with Crippen molar-refractivity contribution in [2.24, 2.45) is 5.41 Å². The Bertz CT molecular complexity index is 1580. The minimum Gasteiger partial charge on any atom is -0.493 e. The number of rotatable bonds is 12. The monoisotopic (exact) mass is 642 g/mol. The minimum absolute atomic E-state index is 0.0840. The lowest BCUT2D eigenvalue weighted by atomic mass is 9.92. The molecule has 0 spiro atoms. The largest absolute Gasteiger partial charge is 0.493 e. The van der Waals surface area contributed by atoms with Gasteiger partial charge in [0.2, 0.25) is 5.91 Å². The molecule has 3 aromatic carbocycles. The second-order valence-electron chi connectivity index (χ2n) is 11.5. The Morgan fingerprint density at radius 2 is 1.84 bits per heavy atom. The number of nitrogens with zero attached hydrogens (tertiary/aromatic N) is 1. The molecular weight excluding hydrogens is 607 g/mol. The number of carboxylic acids is 1. The zero-order chi connectivity index (χ0) is 32.9. The Morgan fingerprint density at radius 1 is 1.09 bits per heavy atom. The standard InChI is InChI=1S/C33H36ClFN2O8/c1-33(2,18-38)17-37-25-12-10-20(34)15-22(25)30(21-6-5-7-26(43-3)31(21)44-4)45-27(32(37)42)16-28(39)36-24-14-19(8-11-23(24)35)9-13-29(40)41/h5-8,10-12,14-15,27,30,38H,9,13,16-18H2,1-4H3,(H,36,39)(H,40,41)/t27-,30-/m0/s1. The summed E-state index contributed by atoms with van der Waals surface area (Å²) in [6.45, 7) is 3.45. The van der Waals surface area contributed by atoms with Gasteiger partial charge in [0.25, 0.3) is 5.91 Å². The van der Waals surface area contributed by atoms with E-state index >= 15 is 0 Å². The number of fused-ring (bicyclic) bond motifs is 1. The number of benzene rings is 3. The molecular formula is C33H36ClFN2O8. The number of halogens is 2. The van der Waals surface area contributed by atoms with E-state index in [4.69, 9.17) is 30.9 Å². The summed E-state index contributed by atoms with van der Waals surface area (Å²) in [5.41, 5.74) is 1.15. The van der Waals surface area contributed by atoms with Gasteiger partial charge in [-0.15, -0.1) is 0 Å². The van der Waals surface area contributed by atoms with E-state index in [0.717, 1.165) is 6.07 Å². The Balaban J connectivity index is 1.77. The highest BCUT2D eigenvalue weighted by atomic mass is 35.5. The number of carboxylic acid groups (broad SMARTS) is 1. The van der Waals surface area contributed by atoms with Gasteiger partial charge in [0.05, 0.1) is 26.3 Å². The molecule has 1 aliphatic heterocycles. The van der Waals surface area contributed by atoms with Crippen LogP contribution in [0.15, 0.2) is 54.6 Å². The molecule has 3 N–H and O–H groups in total. The van der Waals surface area contributed by atoms with E-state index in [1.54, 1.807) is 50.2 Å². The number of anilines is 2. The summed E-state index contributed by atoms with van der Waals surface area (Å²) >= 11 is 6.45. The van der Waals surface area contributed by atoms with Gasteiger partial charge >= 0.3 is 5.97 Å². The molecule has 0 fully saturated rings. The number of methoxy groups -OCH3 is 2. The molecule has 0 unspecified atom stereocenters. The van der Waals surface area contributed by atoms with Crippen molar-refractivity contribution in [3.05, 3.63) is 82.1 Å². The van der Waals surface area contributed by atoms with Crippen LogP contribution in [-0.2, 0) is 25.5 Å². The number of aliphatic carboxylic acids is 1. The van der Waals surface area contributed by atoms with Gasteiger partial charge in [-0.25, -0.2) is 4.39 Å². The number of ether oxygens (including phenoxy) is 3. The molecule has 12 heteroatoms. The maximum atomic E-state index is 14.7. The van der Waals surface area contributed by atoms with Gasteiger partial charge in [-0.1, -0.05) is 43.6 Å². The molecule has 0 saturated carbocycles. The average molecular weight is 643 g/mol. The minimum atomic E-state index is -1.36. The van der Waals surface area contributed by atoms with Crippen LogP contribution >= 0.6 is 11.6 Å². The van der Waals surface area contributed by atoms with E-state index in [2.05, 4.69) is 5.32 Å². The number of aliphatic hydroxyl groups is 1. The summed E-state index contributed by atoms with van der Waals surface area (Å²) in [7, 11) is 2.97. The average Bonchev–Trinajstić information content (AvgIpc) is 3.11. The van der Waals surface area contributed by atoms with Crippen molar-refractivity contribution in [2.75, 3.05) is 37.6 Å². The summed E-state index contributed by atoms with van der Waals surface area (Å²) in [6.07, 6.45) is -2.82. The second kappa shape index (κ2) is 14.3. The van der Waals surface area contributed by atoms with Crippen LogP contribution in [-0.4, -0.2) is 61.5 Å². The first kappa shape index (κ1) is 33.7. The zero-order valence-corrected chi connectivity index (χ0v) is 26.2. The van der Waals surface area contributed by atoms with Gasteiger partial charge in [-0.2, -0.15) is 0 Å². The quantitative estimate of drug-likeness (QED) is 0.240. The predicted molar refractivity (Wildman–Crippen MR) is 167 cm³/mol. The Hall–Kier alpha value is -4.19. The smallest absolute Gasteiger partial charge is 0.303 e. The highest BCUT2D eigenvalue weighted by Crippen LogP contribution is 2.45. The Morgan fingerprint density at radius 3 is 2.51 bits per heavy atom. The third-order valence-corrected chi connectivity index (χ3v) is 7.67. The molecule has 1 heterocycles. The van der Waals surface area contributed by atoms with Crippen LogP contribution in [0.5, 0.6) is 11.5 Å². The van der Waals surface area contributed by atoms with Gasteiger partial charge in [0.15, 0.2) is 11.5 Å². The maximum absolute atomic E-state index is 14.7. The first-order valence-electron chi connectivity index (χ1n) is 14.3. The van der Waals surface area contributed by atoms with Crippen molar-refractivity contribution in [1.82, 2.24) is 0 Å². The summed E-state index contributed by atoms with van der Waals surface area (Å²) < 4.78 is 32.3. The van der Waals surface area contributed by atoms with E-state index in [9.17, 15) is 23.9 Å². The number of para-hydroxylation sites is 1. The molecule has 2 atom stereocenters. The lowest BCUT2D eigenvalue weighted by Crippen LogP contribution is -2.46. The highest BCUT2D eigenvalue weighted by molar-refractivity contribution is 6.30. The molecule has 3 aromatic rings. The fourth-order valence-electron chi connectivity index (χ4n) is 5.15. The molecule has 0 saturated heterocycles. The van der Waals surface area contributed by atoms with Crippen LogP contribution in [0.2, 0.25) is 5.02 Å². The van der Waals surface area contributed by atoms with Crippen molar-refractivity contribution < 1.29 is 43.2 Å². The number of aryl methyl sites for hydroxylation is 1. The van der Waals surface area contributed by atoms with Gasteiger partial charge in [-0.3, -0.25) is 14.4 Å². The number of nitrogens with one attached hydrogen (secondary N) is 1. The number of amides is 2. The third-order valence-electron chi connectivity index (χ3n) is 7.44. The fraction of sp³-hybridized carbons (Fsp3) is 0.364. The Labute approximate surface area is 265 Å². The number of hydrogen-bond donors (Lipinski definition) is 3. The second-order valence-corrected chi connectivity index (χ2v) is 11.9.